The Morgan fingerprint density at radius 1 is 1.24 bits per heavy atom. The van der Waals surface area contributed by atoms with Gasteiger partial charge in [0.25, 0.3) is 5.91 Å². The molecule has 0 saturated carbocycles. The first-order valence-corrected chi connectivity index (χ1v) is 11.1. The minimum atomic E-state index is -0.561. The number of nitrogens with zero attached hydrogens (tertiary/aromatic N) is 3. The van der Waals surface area contributed by atoms with Crippen LogP contribution in [-0.4, -0.2) is 59.3 Å². The van der Waals surface area contributed by atoms with Gasteiger partial charge in [0.05, 0.1) is 16.9 Å². The monoisotopic (exact) mass is 450 g/mol. The summed E-state index contributed by atoms with van der Waals surface area (Å²) >= 11 is 0. The van der Waals surface area contributed by atoms with Crippen LogP contribution in [0.2, 0.25) is 0 Å². The van der Waals surface area contributed by atoms with Gasteiger partial charge in [-0.1, -0.05) is 0 Å². The molecule has 0 unspecified atom stereocenters. The number of carbonyl (C=O) groups is 1. The lowest BCUT2D eigenvalue weighted by Gasteiger charge is -2.24. The van der Waals surface area contributed by atoms with E-state index in [1.165, 1.54) is 6.33 Å². The number of carbonyl (C=O) groups excluding carboxylic acids is 1. The number of nitrogens with one attached hydrogen (secondary N) is 2. The van der Waals surface area contributed by atoms with Crippen molar-refractivity contribution in [3.05, 3.63) is 42.2 Å². The van der Waals surface area contributed by atoms with Crippen LogP contribution in [0.15, 0.2) is 36.7 Å². The van der Waals surface area contributed by atoms with Crippen LogP contribution in [0.1, 0.15) is 37.0 Å². The fourth-order valence-corrected chi connectivity index (χ4v) is 3.69. The van der Waals surface area contributed by atoms with E-state index in [-0.39, 0.29) is 11.6 Å². The fraction of sp³-hybridized carbons (Fsp3) is 0.417. The van der Waals surface area contributed by atoms with Crippen LogP contribution in [0.4, 0.5) is 5.82 Å². The van der Waals surface area contributed by atoms with E-state index in [9.17, 15) is 4.79 Å². The van der Waals surface area contributed by atoms with Crippen molar-refractivity contribution in [3.63, 3.8) is 0 Å². The highest BCUT2D eigenvalue weighted by molar-refractivity contribution is 6.06. The molecule has 1 aliphatic rings. The van der Waals surface area contributed by atoms with Gasteiger partial charge in [0.15, 0.2) is 5.82 Å². The van der Waals surface area contributed by atoms with E-state index < -0.39 is 5.91 Å². The Bertz CT molecular complexity index is 1130. The molecular formula is C24H30N6O3. The average molecular weight is 451 g/mol. The van der Waals surface area contributed by atoms with Crippen LogP contribution < -0.4 is 21.1 Å². The molecule has 1 fully saturated rings. The van der Waals surface area contributed by atoms with Crippen molar-refractivity contribution in [1.29, 1.82) is 0 Å². The minimum Gasteiger partial charge on any atom is -0.491 e. The van der Waals surface area contributed by atoms with Crippen molar-refractivity contribution in [2.75, 3.05) is 32.1 Å². The zero-order valence-electron chi connectivity index (χ0n) is 19.2. The van der Waals surface area contributed by atoms with Gasteiger partial charge in [0.1, 0.15) is 29.7 Å². The number of pyridine rings is 1. The number of fused-ring (bicyclic) bond motifs is 1. The lowest BCUT2D eigenvalue weighted by molar-refractivity contribution is -0.0146. The van der Waals surface area contributed by atoms with Crippen LogP contribution >= 0.6 is 0 Å². The summed E-state index contributed by atoms with van der Waals surface area (Å²) in [6, 6.07) is 9.43. The number of anilines is 1. The Hall–Kier alpha value is -3.30. The van der Waals surface area contributed by atoms with Crippen LogP contribution in [0, 0.1) is 0 Å². The molecule has 3 heterocycles. The number of methoxy groups -OCH3 is 1. The minimum absolute atomic E-state index is 0.229. The van der Waals surface area contributed by atoms with Crippen molar-refractivity contribution < 1.29 is 14.3 Å². The Morgan fingerprint density at radius 2 is 2.03 bits per heavy atom. The van der Waals surface area contributed by atoms with E-state index in [2.05, 4.69) is 20.6 Å². The summed E-state index contributed by atoms with van der Waals surface area (Å²) < 4.78 is 11.2. The molecule has 1 amide bonds. The topological polar surface area (TPSA) is 124 Å². The van der Waals surface area contributed by atoms with Crippen molar-refractivity contribution in [3.8, 4) is 17.0 Å². The summed E-state index contributed by atoms with van der Waals surface area (Å²) in [6.07, 6.45) is 3.55. The Balaban J connectivity index is 1.67. The Labute approximate surface area is 193 Å². The van der Waals surface area contributed by atoms with E-state index >= 15 is 0 Å². The summed E-state index contributed by atoms with van der Waals surface area (Å²) in [7, 11) is 1.66. The van der Waals surface area contributed by atoms with Crippen LogP contribution in [0.25, 0.3) is 22.3 Å². The van der Waals surface area contributed by atoms with Gasteiger partial charge in [-0.05, 0) is 63.6 Å². The summed E-state index contributed by atoms with van der Waals surface area (Å²) in [5, 5.41) is 6.83. The van der Waals surface area contributed by atoms with Crippen molar-refractivity contribution in [1.82, 2.24) is 20.3 Å². The summed E-state index contributed by atoms with van der Waals surface area (Å²) in [5.41, 5.74) is 8.02. The number of primary amides is 1. The van der Waals surface area contributed by atoms with Gasteiger partial charge in [-0.15, -0.1) is 0 Å². The molecule has 4 rings (SSSR count). The van der Waals surface area contributed by atoms with E-state index in [4.69, 9.17) is 20.2 Å². The maximum absolute atomic E-state index is 12.2. The maximum Gasteiger partial charge on any atom is 0.251 e. The van der Waals surface area contributed by atoms with Crippen molar-refractivity contribution >= 4 is 22.8 Å². The number of hydrogen-bond acceptors (Lipinski definition) is 8. The van der Waals surface area contributed by atoms with E-state index in [1.807, 2.05) is 38.1 Å². The molecule has 33 heavy (non-hydrogen) atoms. The highest BCUT2D eigenvalue weighted by atomic mass is 16.5. The van der Waals surface area contributed by atoms with Gasteiger partial charge < -0.3 is 25.8 Å². The summed E-state index contributed by atoms with van der Waals surface area (Å²) in [4.78, 5) is 25.7. The third kappa shape index (κ3) is 5.37. The molecule has 2 aromatic heterocycles. The van der Waals surface area contributed by atoms with Gasteiger partial charge in [0.2, 0.25) is 0 Å². The molecule has 1 aromatic carbocycles. The molecule has 1 saturated heterocycles. The first kappa shape index (κ1) is 22.9. The predicted molar refractivity (Wildman–Crippen MR) is 127 cm³/mol. The average Bonchev–Trinajstić information content (AvgIpc) is 2.83. The number of rotatable bonds is 8. The normalized spacial score (nSPS) is 16.5. The number of benzene rings is 1. The number of aromatic nitrogens is 3. The van der Waals surface area contributed by atoms with Gasteiger partial charge in [-0.3, -0.25) is 4.79 Å². The first-order chi connectivity index (χ1) is 15.9. The van der Waals surface area contributed by atoms with Gasteiger partial charge in [-0.2, -0.15) is 0 Å². The maximum atomic E-state index is 12.2. The van der Waals surface area contributed by atoms with Crippen LogP contribution in [0.3, 0.4) is 0 Å². The smallest absolute Gasteiger partial charge is 0.251 e. The SMILES string of the molecule is COC(C)(C)COc1ccc(-c2cc(C(N)=O)c3ncnc(N[C@H]4CCCNC4)c3n2)cc1. The quantitative estimate of drug-likeness (QED) is 0.479. The molecule has 0 spiro atoms. The molecule has 3 aromatic rings. The lowest BCUT2D eigenvalue weighted by Crippen LogP contribution is -2.38. The molecule has 1 aliphatic heterocycles. The molecule has 4 N–H and O–H groups in total. The largest absolute Gasteiger partial charge is 0.491 e. The van der Waals surface area contributed by atoms with Crippen LogP contribution in [0.5, 0.6) is 5.75 Å². The molecular weight excluding hydrogens is 420 g/mol. The molecule has 174 valence electrons. The first-order valence-electron chi connectivity index (χ1n) is 11.1. The highest BCUT2D eigenvalue weighted by Crippen LogP contribution is 2.28. The Kier molecular flexibility index (Phi) is 6.71. The third-order valence-corrected chi connectivity index (χ3v) is 5.78. The van der Waals surface area contributed by atoms with E-state index in [0.29, 0.717) is 34.7 Å². The third-order valence-electron chi connectivity index (χ3n) is 5.78. The zero-order valence-corrected chi connectivity index (χ0v) is 19.2. The van der Waals surface area contributed by atoms with Crippen molar-refractivity contribution in [2.45, 2.75) is 38.3 Å². The number of ether oxygens (including phenoxy) is 2. The van der Waals surface area contributed by atoms with Crippen LogP contribution in [-0.2, 0) is 4.74 Å². The zero-order chi connectivity index (χ0) is 23.4. The molecule has 0 radical (unpaired) electrons. The molecule has 1 atom stereocenters. The fourth-order valence-electron chi connectivity index (χ4n) is 3.69. The number of nitrogens with two attached hydrogens (primary N) is 1. The lowest BCUT2D eigenvalue weighted by atomic mass is 10.1. The van der Waals surface area contributed by atoms with Gasteiger partial charge in [0, 0.05) is 25.3 Å². The second-order valence-corrected chi connectivity index (χ2v) is 8.80. The van der Waals surface area contributed by atoms with E-state index in [1.54, 1.807) is 13.2 Å². The standard InChI is InChI=1S/C24H30N6O3/c1-24(2,32-3)13-33-17-8-6-15(7-9-17)19-11-18(22(25)31)20-21(30-19)23(28-14-27-20)29-16-5-4-10-26-12-16/h6-9,11,14,16,26H,4-5,10,12-13H2,1-3H3,(H2,25,31)(H,27,28,29)/t16-/m0/s1. The molecule has 0 bridgehead atoms. The summed E-state index contributed by atoms with van der Waals surface area (Å²) in [5.74, 6) is 0.754. The van der Waals surface area contributed by atoms with Crippen molar-refractivity contribution in [2.24, 2.45) is 5.73 Å². The highest BCUT2D eigenvalue weighted by Gasteiger charge is 2.20. The number of amides is 1. The van der Waals surface area contributed by atoms with E-state index in [0.717, 1.165) is 37.2 Å². The Morgan fingerprint density at radius 3 is 2.70 bits per heavy atom. The molecule has 0 aliphatic carbocycles. The van der Waals surface area contributed by atoms with Gasteiger partial charge >= 0.3 is 0 Å². The second kappa shape index (κ2) is 9.68. The predicted octanol–water partition coefficient (Wildman–Crippen LogP) is 2.76. The number of piperidine rings is 1. The summed E-state index contributed by atoms with van der Waals surface area (Å²) in [6.45, 7) is 6.20. The molecule has 9 nitrogen and oxygen atoms in total. The van der Waals surface area contributed by atoms with Gasteiger partial charge in [-0.25, -0.2) is 15.0 Å². The second-order valence-electron chi connectivity index (χ2n) is 8.80. The number of hydrogen-bond donors (Lipinski definition) is 3. The molecule has 9 heteroatoms.